The van der Waals surface area contributed by atoms with Crippen molar-refractivity contribution >= 4 is 21.7 Å². The topological polar surface area (TPSA) is 102 Å². The molecule has 10 heteroatoms. The molecular weight excluding hydrogens is 430 g/mol. The second-order valence-electron chi connectivity index (χ2n) is 7.17. The molecule has 0 radical (unpaired) electrons. The molecule has 0 aliphatic rings. The largest absolute Gasteiger partial charge is 0.497 e. The number of nitrogens with one attached hydrogen (secondary N) is 1. The molecule has 0 aliphatic carbocycles. The second kappa shape index (κ2) is 8.75. The van der Waals surface area contributed by atoms with Crippen LogP contribution in [0.2, 0.25) is 0 Å². The number of ether oxygens (including phenoxy) is 1. The molecule has 2 heterocycles. The van der Waals surface area contributed by atoms with Crippen molar-refractivity contribution < 1.29 is 17.6 Å². The molecule has 2 aromatic carbocycles. The number of nitrogens with zero attached hydrogens (tertiary/aromatic N) is 4. The van der Waals surface area contributed by atoms with Gasteiger partial charge < -0.3 is 19.4 Å². The first-order chi connectivity index (χ1) is 15.4. The van der Waals surface area contributed by atoms with Gasteiger partial charge in [-0.15, -0.1) is 9.19 Å². The summed E-state index contributed by atoms with van der Waals surface area (Å²) in [6.45, 7) is 0.363. The zero-order valence-corrected chi connectivity index (χ0v) is 18.7. The van der Waals surface area contributed by atoms with Gasteiger partial charge in [-0.25, -0.2) is 0 Å². The van der Waals surface area contributed by atoms with Gasteiger partial charge in [0, 0.05) is 26.3 Å². The minimum Gasteiger partial charge on any atom is -0.497 e. The molecule has 0 amide bonds. The molecule has 1 N–H and O–H groups in total. The summed E-state index contributed by atoms with van der Waals surface area (Å²) in [5, 5.41) is 7.31. The Kier molecular flexibility index (Phi) is 5.87. The highest BCUT2D eigenvalue weighted by Gasteiger charge is 2.25. The fraction of sp³-hybridized carbons (Fsp3) is 0.182. The molecule has 166 valence electrons. The number of methoxy groups -OCH3 is 1. The lowest BCUT2D eigenvalue weighted by Gasteiger charge is -2.13. The summed E-state index contributed by atoms with van der Waals surface area (Å²) in [4.78, 5) is 6.44. The molecule has 0 fully saturated rings. The highest BCUT2D eigenvalue weighted by Crippen LogP contribution is 2.24. The average molecular weight is 454 g/mol. The van der Waals surface area contributed by atoms with Crippen LogP contribution in [-0.4, -0.2) is 43.8 Å². The smallest absolute Gasteiger partial charge is 0.286 e. The van der Waals surface area contributed by atoms with Gasteiger partial charge >= 0.3 is 0 Å². The van der Waals surface area contributed by atoms with Crippen LogP contribution in [-0.2, 0) is 16.6 Å². The van der Waals surface area contributed by atoms with Crippen LogP contribution in [0.4, 0.5) is 11.6 Å². The standard InChI is InChI=1S/C22H23N5O4S/c1-26(2)17-8-6-16(7-9-17)15-23-22-24-21(20-5-4-14-31-20)25-27(22)32(28,29)19-12-10-18(30-3)11-13-19/h4-14H,15H2,1-3H3,(H,23,24,25). The maximum atomic E-state index is 13.3. The number of hydrogen-bond acceptors (Lipinski definition) is 8. The maximum Gasteiger partial charge on any atom is 0.286 e. The molecule has 4 aromatic rings. The minimum atomic E-state index is -4.01. The first kappa shape index (κ1) is 21.4. The van der Waals surface area contributed by atoms with E-state index >= 15 is 0 Å². The van der Waals surface area contributed by atoms with Crippen molar-refractivity contribution in [3.05, 3.63) is 72.5 Å². The number of furan rings is 1. The third-order valence-corrected chi connectivity index (χ3v) is 6.39. The van der Waals surface area contributed by atoms with Gasteiger partial charge in [-0.05, 0) is 54.1 Å². The molecule has 0 atom stereocenters. The van der Waals surface area contributed by atoms with Crippen molar-refractivity contribution in [2.45, 2.75) is 11.4 Å². The lowest BCUT2D eigenvalue weighted by Crippen LogP contribution is -2.18. The predicted molar refractivity (Wildman–Crippen MR) is 121 cm³/mol. The van der Waals surface area contributed by atoms with Gasteiger partial charge in [-0.1, -0.05) is 12.1 Å². The first-order valence-electron chi connectivity index (χ1n) is 9.79. The third-order valence-electron chi connectivity index (χ3n) is 4.81. The minimum absolute atomic E-state index is 0.0626. The van der Waals surface area contributed by atoms with Gasteiger partial charge in [0.25, 0.3) is 10.0 Å². The number of aromatic nitrogens is 3. The monoisotopic (exact) mass is 453 g/mol. The van der Waals surface area contributed by atoms with Crippen LogP contribution in [0.5, 0.6) is 5.75 Å². The molecule has 0 spiro atoms. The predicted octanol–water partition coefficient (Wildman–Crippen LogP) is 3.46. The lowest BCUT2D eigenvalue weighted by molar-refractivity contribution is 0.414. The zero-order valence-electron chi connectivity index (χ0n) is 17.9. The third kappa shape index (κ3) is 4.30. The Morgan fingerprint density at radius 3 is 2.38 bits per heavy atom. The van der Waals surface area contributed by atoms with Crippen molar-refractivity contribution in [3.63, 3.8) is 0 Å². The molecule has 9 nitrogen and oxygen atoms in total. The summed E-state index contributed by atoms with van der Waals surface area (Å²) in [6, 6.07) is 17.4. The molecular formula is C22H23N5O4S. The molecule has 2 aromatic heterocycles. The molecule has 4 rings (SSSR count). The van der Waals surface area contributed by atoms with E-state index in [2.05, 4.69) is 15.4 Å². The van der Waals surface area contributed by atoms with E-state index in [0.717, 1.165) is 15.3 Å². The van der Waals surface area contributed by atoms with Crippen molar-refractivity contribution in [2.75, 3.05) is 31.4 Å². The van der Waals surface area contributed by atoms with E-state index in [4.69, 9.17) is 9.15 Å². The van der Waals surface area contributed by atoms with Gasteiger partial charge in [0.2, 0.25) is 11.8 Å². The molecule has 0 saturated carbocycles. The van der Waals surface area contributed by atoms with Crippen molar-refractivity contribution in [3.8, 4) is 17.3 Å². The molecule has 0 aliphatic heterocycles. The van der Waals surface area contributed by atoms with E-state index in [0.29, 0.717) is 18.1 Å². The maximum absolute atomic E-state index is 13.3. The normalized spacial score (nSPS) is 11.3. The van der Waals surface area contributed by atoms with Crippen LogP contribution in [0.25, 0.3) is 11.6 Å². The quantitative estimate of drug-likeness (QED) is 0.433. The summed E-state index contributed by atoms with van der Waals surface area (Å²) in [5.41, 5.74) is 2.03. The van der Waals surface area contributed by atoms with E-state index in [-0.39, 0.29) is 16.7 Å². The van der Waals surface area contributed by atoms with Crippen LogP contribution in [0.3, 0.4) is 0 Å². The van der Waals surface area contributed by atoms with E-state index in [9.17, 15) is 8.42 Å². The van der Waals surface area contributed by atoms with Gasteiger partial charge in [-0.2, -0.15) is 13.4 Å². The molecule has 0 bridgehead atoms. The van der Waals surface area contributed by atoms with Crippen LogP contribution >= 0.6 is 0 Å². The number of benzene rings is 2. The van der Waals surface area contributed by atoms with Crippen molar-refractivity contribution in [1.29, 1.82) is 0 Å². The van der Waals surface area contributed by atoms with Crippen molar-refractivity contribution in [1.82, 2.24) is 14.2 Å². The van der Waals surface area contributed by atoms with Gasteiger partial charge in [0.15, 0.2) is 5.76 Å². The van der Waals surface area contributed by atoms with Crippen LogP contribution in [0.15, 0.2) is 76.2 Å². The summed E-state index contributed by atoms with van der Waals surface area (Å²) in [7, 11) is 1.44. The zero-order chi connectivity index (χ0) is 22.7. The van der Waals surface area contributed by atoms with E-state index in [1.54, 1.807) is 24.3 Å². The van der Waals surface area contributed by atoms with Crippen LogP contribution in [0.1, 0.15) is 5.56 Å². The highest BCUT2D eigenvalue weighted by atomic mass is 32.2. The van der Waals surface area contributed by atoms with Gasteiger partial charge in [0.05, 0.1) is 18.3 Å². The number of hydrogen-bond donors (Lipinski definition) is 1. The van der Waals surface area contributed by atoms with E-state index < -0.39 is 10.0 Å². The Morgan fingerprint density at radius 1 is 1.06 bits per heavy atom. The van der Waals surface area contributed by atoms with Gasteiger partial charge in [0.1, 0.15) is 5.75 Å². The van der Waals surface area contributed by atoms with Crippen LogP contribution in [0, 0.1) is 0 Å². The number of rotatable bonds is 8. The summed E-state index contributed by atoms with van der Waals surface area (Å²) in [5.74, 6) is 1.17. The SMILES string of the molecule is COc1ccc(S(=O)(=O)n2nc(-c3ccco3)nc2NCc2ccc(N(C)C)cc2)cc1. The fourth-order valence-corrected chi connectivity index (χ4v) is 4.22. The summed E-state index contributed by atoms with van der Waals surface area (Å²) >= 11 is 0. The Balaban J connectivity index is 1.67. The van der Waals surface area contributed by atoms with E-state index in [1.807, 2.05) is 43.3 Å². The van der Waals surface area contributed by atoms with Crippen LogP contribution < -0.4 is 15.0 Å². The Bertz CT molecular complexity index is 1280. The van der Waals surface area contributed by atoms with E-state index in [1.165, 1.54) is 25.5 Å². The Hall–Kier alpha value is -3.79. The summed E-state index contributed by atoms with van der Waals surface area (Å²) < 4.78 is 38.0. The van der Waals surface area contributed by atoms with Crippen molar-refractivity contribution in [2.24, 2.45) is 0 Å². The molecule has 0 saturated heterocycles. The molecule has 32 heavy (non-hydrogen) atoms. The average Bonchev–Trinajstić information content (AvgIpc) is 3.48. The van der Waals surface area contributed by atoms with Gasteiger partial charge in [-0.3, -0.25) is 0 Å². The Labute approximate surface area is 186 Å². The Morgan fingerprint density at radius 2 is 1.78 bits per heavy atom. The highest BCUT2D eigenvalue weighted by molar-refractivity contribution is 7.90. The first-order valence-corrected chi connectivity index (χ1v) is 11.2. The number of anilines is 2. The summed E-state index contributed by atoms with van der Waals surface area (Å²) in [6.07, 6.45) is 1.48. The second-order valence-corrected chi connectivity index (χ2v) is 8.94. The fourth-order valence-electron chi connectivity index (χ4n) is 3.02. The lowest BCUT2D eigenvalue weighted by atomic mass is 10.2. The molecule has 0 unspecified atom stereocenters.